The van der Waals surface area contributed by atoms with Crippen LogP contribution >= 0.6 is 11.3 Å². The SMILES string of the molecule is Nc1ncc(-c2cc3ccccc3s2)cc1C(=O)O. The van der Waals surface area contributed by atoms with Crippen molar-refractivity contribution in [3.63, 3.8) is 0 Å². The molecule has 3 rings (SSSR count). The van der Waals surface area contributed by atoms with Crippen molar-refractivity contribution in [3.05, 3.63) is 48.2 Å². The van der Waals surface area contributed by atoms with Gasteiger partial charge >= 0.3 is 5.97 Å². The fraction of sp³-hybridized carbons (Fsp3) is 0. The van der Waals surface area contributed by atoms with Crippen LogP contribution in [-0.2, 0) is 0 Å². The maximum atomic E-state index is 11.1. The van der Waals surface area contributed by atoms with E-state index in [4.69, 9.17) is 10.8 Å². The van der Waals surface area contributed by atoms with E-state index in [1.54, 1.807) is 23.6 Å². The summed E-state index contributed by atoms with van der Waals surface area (Å²) in [5.41, 5.74) is 6.36. The number of aromatic carboxylic acids is 1. The number of aromatic nitrogens is 1. The van der Waals surface area contributed by atoms with Gasteiger partial charge in [0.1, 0.15) is 11.4 Å². The van der Waals surface area contributed by atoms with Gasteiger partial charge in [-0.2, -0.15) is 0 Å². The number of pyridine rings is 1. The molecule has 0 aliphatic heterocycles. The predicted octanol–water partition coefficient (Wildman–Crippen LogP) is 3.24. The number of carbonyl (C=O) groups is 1. The molecule has 0 aliphatic carbocycles. The Labute approximate surface area is 113 Å². The molecule has 0 bridgehead atoms. The molecular weight excluding hydrogens is 260 g/mol. The summed E-state index contributed by atoms with van der Waals surface area (Å²) >= 11 is 1.60. The maximum absolute atomic E-state index is 11.1. The standard InChI is InChI=1S/C14H10N2O2S/c15-13-10(14(17)18)5-9(7-16-13)12-6-8-3-1-2-4-11(8)19-12/h1-7H,(H2,15,16)(H,17,18). The van der Waals surface area contributed by atoms with Gasteiger partial charge < -0.3 is 10.8 Å². The van der Waals surface area contributed by atoms with Crippen molar-refractivity contribution in [2.75, 3.05) is 5.73 Å². The van der Waals surface area contributed by atoms with Gasteiger partial charge in [-0.3, -0.25) is 0 Å². The third-order valence-electron chi connectivity index (χ3n) is 2.86. The Morgan fingerprint density at radius 2 is 2.05 bits per heavy atom. The molecule has 4 nitrogen and oxygen atoms in total. The van der Waals surface area contributed by atoms with Crippen molar-refractivity contribution < 1.29 is 9.90 Å². The normalized spacial score (nSPS) is 10.7. The number of carboxylic acids is 1. The number of rotatable bonds is 2. The van der Waals surface area contributed by atoms with Crippen LogP contribution in [0.3, 0.4) is 0 Å². The summed E-state index contributed by atoms with van der Waals surface area (Å²) in [6.07, 6.45) is 1.60. The number of hydrogen-bond donors (Lipinski definition) is 2. The molecule has 5 heteroatoms. The smallest absolute Gasteiger partial charge is 0.339 e. The minimum absolute atomic E-state index is 0.0370. The Balaban J connectivity index is 2.16. The van der Waals surface area contributed by atoms with Crippen molar-refractivity contribution in [1.82, 2.24) is 4.98 Å². The van der Waals surface area contributed by atoms with E-state index >= 15 is 0 Å². The molecule has 0 unspecified atom stereocenters. The van der Waals surface area contributed by atoms with Crippen molar-refractivity contribution in [2.24, 2.45) is 0 Å². The van der Waals surface area contributed by atoms with E-state index in [1.807, 2.05) is 30.3 Å². The highest BCUT2D eigenvalue weighted by Crippen LogP contribution is 2.33. The van der Waals surface area contributed by atoms with Crippen LogP contribution in [0.4, 0.5) is 5.82 Å². The fourth-order valence-corrected chi connectivity index (χ4v) is 2.95. The third kappa shape index (κ3) is 2.04. The summed E-state index contributed by atoms with van der Waals surface area (Å²) in [6.45, 7) is 0. The number of hydrogen-bond acceptors (Lipinski definition) is 4. The summed E-state index contributed by atoms with van der Waals surface area (Å²) in [6, 6.07) is 11.6. The van der Waals surface area contributed by atoms with Crippen molar-refractivity contribution in [1.29, 1.82) is 0 Å². The number of nitrogen functional groups attached to an aromatic ring is 1. The molecule has 2 aromatic heterocycles. The lowest BCUT2D eigenvalue weighted by molar-refractivity contribution is 0.0698. The Kier molecular flexibility index (Phi) is 2.68. The van der Waals surface area contributed by atoms with Crippen LogP contribution in [0.2, 0.25) is 0 Å². The molecule has 1 aromatic carbocycles. The zero-order valence-electron chi connectivity index (χ0n) is 9.83. The molecule has 3 aromatic rings. The molecular formula is C14H10N2O2S. The molecule has 94 valence electrons. The minimum atomic E-state index is -1.06. The van der Waals surface area contributed by atoms with Crippen LogP contribution in [-0.4, -0.2) is 16.1 Å². The van der Waals surface area contributed by atoms with E-state index < -0.39 is 5.97 Å². The van der Waals surface area contributed by atoms with Crippen molar-refractivity contribution >= 4 is 33.2 Å². The van der Waals surface area contributed by atoms with Gasteiger partial charge in [0.05, 0.1) is 0 Å². The molecule has 0 aliphatic rings. The largest absolute Gasteiger partial charge is 0.478 e. The molecule has 0 atom stereocenters. The average Bonchev–Trinajstić information content (AvgIpc) is 2.82. The zero-order chi connectivity index (χ0) is 13.4. The number of nitrogens with zero attached hydrogens (tertiary/aromatic N) is 1. The van der Waals surface area contributed by atoms with E-state index in [9.17, 15) is 4.79 Å². The summed E-state index contributed by atoms with van der Waals surface area (Å²) in [4.78, 5) is 16.0. The summed E-state index contributed by atoms with van der Waals surface area (Å²) in [7, 11) is 0. The van der Waals surface area contributed by atoms with Gasteiger partial charge in [-0.25, -0.2) is 9.78 Å². The Hall–Kier alpha value is -2.40. The number of benzene rings is 1. The molecule has 0 fully saturated rings. The molecule has 0 spiro atoms. The molecule has 19 heavy (non-hydrogen) atoms. The van der Waals surface area contributed by atoms with Crippen LogP contribution in [0.25, 0.3) is 20.5 Å². The predicted molar refractivity (Wildman–Crippen MR) is 76.4 cm³/mol. The van der Waals surface area contributed by atoms with Gasteiger partial charge in [-0.05, 0) is 23.6 Å². The lowest BCUT2D eigenvalue weighted by Crippen LogP contribution is -2.04. The second kappa shape index (κ2) is 4.37. The first-order valence-corrected chi connectivity index (χ1v) is 6.44. The van der Waals surface area contributed by atoms with E-state index in [2.05, 4.69) is 4.98 Å². The van der Waals surface area contributed by atoms with Gasteiger partial charge in [0, 0.05) is 21.3 Å². The monoisotopic (exact) mass is 270 g/mol. The van der Waals surface area contributed by atoms with Crippen LogP contribution in [0, 0.1) is 0 Å². The van der Waals surface area contributed by atoms with E-state index in [-0.39, 0.29) is 11.4 Å². The molecule has 0 saturated heterocycles. The Morgan fingerprint density at radius 3 is 2.79 bits per heavy atom. The average molecular weight is 270 g/mol. The molecule has 0 radical (unpaired) electrons. The number of thiophene rings is 1. The van der Waals surface area contributed by atoms with Crippen LogP contribution in [0.1, 0.15) is 10.4 Å². The highest BCUT2D eigenvalue weighted by Gasteiger charge is 2.12. The van der Waals surface area contributed by atoms with Gasteiger partial charge in [-0.15, -0.1) is 11.3 Å². The fourth-order valence-electron chi connectivity index (χ4n) is 1.91. The van der Waals surface area contributed by atoms with Crippen molar-refractivity contribution in [3.8, 4) is 10.4 Å². The Morgan fingerprint density at radius 1 is 1.26 bits per heavy atom. The van der Waals surface area contributed by atoms with E-state index in [1.165, 1.54) is 0 Å². The second-order valence-electron chi connectivity index (χ2n) is 4.11. The van der Waals surface area contributed by atoms with E-state index in [0.717, 1.165) is 20.5 Å². The topological polar surface area (TPSA) is 76.2 Å². The molecule has 2 heterocycles. The number of nitrogens with two attached hydrogens (primary N) is 1. The number of anilines is 1. The van der Waals surface area contributed by atoms with Crippen LogP contribution in [0.15, 0.2) is 42.6 Å². The van der Waals surface area contributed by atoms with Crippen molar-refractivity contribution in [2.45, 2.75) is 0 Å². The number of carboxylic acid groups (broad SMARTS) is 1. The molecule has 0 saturated carbocycles. The minimum Gasteiger partial charge on any atom is -0.478 e. The maximum Gasteiger partial charge on any atom is 0.339 e. The summed E-state index contributed by atoms with van der Waals surface area (Å²) in [5.74, 6) is -1.02. The first kappa shape index (κ1) is 11.7. The lowest BCUT2D eigenvalue weighted by atomic mass is 10.1. The van der Waals surface area contributed by atoms with Gasteiger partial charge in [0.25, 0.3) is 0 Å². The van der Waals surface area contributed by atoms with Crippen LogP contribution in [0.5, 0.6) is 0 Å². The lowest BCUT2D eigenvalue weighted by Gasteiger charge is -2.02. The van der Waals surface area contributed by atoms with Gasteiger partial charge in [0.2, 0.25) is 0 Å². The van der Waals surface area contributed by atoms with Gasteiger partial charge in [0.15, 0.2) is 0 Å². The van der Waals surface area contributed by atoms with Gasteiger partial charge in [-0.1, -0.05) is 18.2 Å². The third-order valence-corrected chi connectivity index (χ3v) is 4.02. The summed E-state index contributed by atoms with van der Waals surface area (Å²) < 4.78 is 1.16. The Bertz CT molecular complexity index is 747. The quantitative estimate of drug-likeness (QED) is 0.749. The highest BCUT2D eigenvalue weighted by atomic mass is 32.1. The number of fused-ring (bicyclic) bond motifs is 1. The summed E-state index contributed by atoms with van der Waals surface area (Å²) in [5, 5.41) is 10.2. The van der Waals surface area contributed by atoms with E-state index in [0.29, 0.717) is 0 Å². The zero-order valence-corrected chi connectivity index (χ0v) is 10.6. The highest BCUT2D eigenvalue weighted by molar-refractivity contribution is 7.22. The first-order chi connectivity index (χ1) is 9.15. The second-order valence-corrected chi connectivity index (χ2v) is 5.19. The van der Waals surface area contributed by atoms with Crippen LogP contribution < -0.4 is 5.73 Å². The molecule has 0 amide bonds. The molecule has 3 N–H and O–H groups in total. The first-order valence-electron chi connectivity index (χ1n) is 5.63.